The van der Waals surface area contributed by atoms with Crippen molar-refractivity contribution in [2.75, 3.05) is 6.54 Å². The number of rotatable bonds is 3. The second kappa shape index (κ2) is 3.28. The number of nitrogens with one attached hydrogen (secondary N) is 1. The van der Waals surface area contributed by atoms with Crippen molar-refractivity contribution in [3.63, 3.8) is 0 Å². The maximum absolute atomic E-state index is 11.6. The minimum atomic E-state index is -1.20. The quantitative estimate of drug-likeness (QED) is 0.617. The summed E-state index contributed by atoms with van der Waals surface area (Å²) in [6.45, 7) is 2.75. The molecule has 14 heavy (non-hydrogen) atoms. The molecule has 0 spiro atoms. The lowest BCUT2D eigenvalue weighted by molar-refractivity contribution is -0.142. The van der Waals surface area contributed by atoms with Crippen LogP contribution in [0, 0.1) is 0 Å². The van der Waals surface area contributed by atoms with Gasteiger partial charge in [0, 0.05) is 0 Å². The van der Waals surface area contributed by atoms with Crippen LogP contribution in [0.4, 0.5) is 4.79 Å². The fourth-order valence-electron chi connectivity index (χ4n) is 1.27. The van der Waals surface area contributed by atoms with Crippen molar-refractivity contribution in [1.82, 2.24) is 10.2 Å². The fraction of sp³-hybridized carbons (Fsp3) is 0.625. The largest absolute Gasteiger partial charge is 0.480 e. The van der Waals surface area contributed by atoms with Crippen LogP contribution in [0.2, 0.25) is 0 Å². The van der Waals surface area contributed by atoms with Gasteiger partial charge in [0.15, 0.2) is 0 Å². The molecule has 1 saturated heterocycles. The molecule has 78 valence electrons. The highest BCUT2D eigenvalue weighted by Gasteiger charge is 2.46. The molecule has 6 nitrogen and oxygen atoms in total. The van der Waals surface area contributed by atoms with Crippen LogP contribution in [0.3, 0.4) is 0 Å². The molecule has 1 aliphatic heterocycles. The van der Waals surface area contributed by atoms with Crippen LogP contribution in [-0.2, 0) is 9.59 Å². The molecule has 2 N–H and O–H groups in total. The van der Waals surface area contributed by atoms with E-state index in [0.717, 1.165) is 0 Å². The Morgan fingerprint density at radius 3 is 2.50 bits per heavy atom. The fourth-order valence-corrected chi connectivity index (χ4v) is 1.27. The van der Waals surface area contributed by atoms with Gasteiger partial charge in [0.1, 0.15) is 12.1 Å². The predicted octanol–water partition coefficient (Wildman–Crippen LogP) is -0.209. The van der Waals surface area contributed by atoms with E-state index in [1.165, 1.54) is 0 Å². The van der Waals surface area contributed by atoms with Crippen LogP contribution in [0.15, 0.2) is 0 Å². The van der Waals surface area contributed by atoms with Crippen LogP contribution >= 0.6 is 0 Å². The lowest BCUT2D eigenvalue weighted by atomic mass is 9.99. The van der Waals surface area contributed by atoms with Crippen molar-refractivity contribution in [1.29, 1.82) is 0 Å². The van der Waals surface area contributed by atoms with Crippen LogP contribution in [0.5, 0.6) is 0 Å². The summed E-state index contributed by atoms with van der Waals surface area (Å²) < 4.78 is 0. The molecule has 0 aromatic carbocycles. The molecule has 1 heterocycles. The number of hydrogen-bond donors (Lipinski definition) is 2. The van der Waals surface area contributed by atoms with Gasteiger partial charge >= 0.3 is 12.0 Å². The number of hydrogen-bond acceptors (Lipinski definition) is 3. The summed E-state index contributed by atoms with van der Waals surface area (Å²) in [6, 6.07) is -0.637. The zero-order chi connectivity index (χ0) is 10.9. The molecular weight excluding hydrogens is 188 g/mol. The molecule has 0 saturated carbocycles. The number of carbonyl (C=O) groups excluding carboxylic acids is 2. The van der Waals surface area contributed by atoms with Gasteiger partial charge in [0.2, 0.25) is 0 Å². The summed E-state index contributed by atoms with van der Waals surface area (Å²) in [6.07, 6.45) is 0.438. The maximum Gasteiger partial charge on any atom is 0.325 e. The maximum atomic E-state index is 11.6. The van der Waals surface area contributed by atoms with Gasteiger partial charge in [-0.05, 0) is 13.3 Å². The topological polar surface area (TPSA) is 86.7 Å². The van der Waals surface area contributed by atoms with E-state index >= 15 is 0 Å². The van der Waals surface area contributed by atoms with Gasteiger partial charge in [-0.3, -0.25) is 14.5 Å². The first-order valence-corrected chi connectivity index (χ1v) is 4.26. The van der Waals surface area contributed by atoms with E-state index in [-0.39, 0.29) is 0 Å². The normalized spacial score (nSPS) is 26.6. The monoisotopic (exact) mass is 200 g/mol. The Morgan fingerprint density at radius 1 is 1.57 bits per heavy atom. The third-order valence-electron chi connectivity index (χ3n) is 2.35. The molecule has 0 radical (unpaired) electrons. The van der Waals surface area contributed by atoms with Gasteiger partial charge in [0.05, 0.1) is 0 Å². The molecule has 1 fully saturated rings. The zero-order valence-electron chi connectivity index (χ0n) is 8.03. The first-order valence-electron chi connectivity index (χ1n) is 4.26. The molecule has 0 aliphatic carbocycles. The summed E-state index contributed by atoms with van der Waals surface area (Å²) in [5.74, 6) is -1.68. The number of urea groups is 1. The number of amides is 3. The molecular formula is C8H12N2O4. The third kappa shape index (κ3) is 1.55. The number of carboxylic acid groups (broad SMARTS) is 1. The average Bonchev–Trinajstić information content (AvgIpc) is 2.30. The Hall–Kier alpha value is -1.59. The summed E-state index contributed by atoms with van der Waals surface area (Å²) >= 11 is 0. The van der Waals surface area contributed by atoms with Crippen LogP contribution < -0.4 is 5.32 Å². The highest BCUT2D eigenvalue weighted by Crippen LogP contribution is 2.20. The highest BCUT2D eigenvalue weighted by atomic mass is 16.4. The van der Waals surface area contributed by atoms with Crippen molar-refractivity contribution < 1.29 is 19.5 Å². The SMILES string of the molecule is CC[C@@]1(C)NC(=O)N(CC(=O)O)C1=O. The average molecular weight is 200 g/mol. The third-order valence-corrected chi connectivity index (χ3v) is 2.35. The van der Waals surface area contributed by atoms with E-state index in [1.54, 1.807) is 13.8 Å². The first kappa shape index (κ1) is 10.5. The van der Waals surface area contributed by atoms with Crippen molar-refractivity contribution in [2.24, 2.45) is 0 Å². The van der Waals surface area contributed by atoms with Gasteiger partial charge in [-0.15, -0.1) is 0 Å². The van der Waals surface area contributed by atoms with Crippen LogP contribution in [-0.4, -0.2) is 40.0 Å². The van der Waals surface area contributed by atoms with E-state index in [0.29, 0.717) is 11.3 Å². The summed E-state index contributed by atoms with van der Waals surface area (Å²) in [5, 5.41) is 10.9. The lowest BCUT2D eigenvalue weighted by Gasteiger charge is -2.18. The summed E-state index contributed by atoms with van der Waals surface area (Å²) in [4.78, 5) is 33.9. The molecule has 6 heteroatoms. The Kier molecular flexibility index (Phi) is 2.46. The highest BCUT2D eigenvalue weighted by molar-refractivity contribution is 6.08. The van der Waals surface area contributed by atoms with E-state index < -0.39 is 30.0 Å². The molecule has 1 aliphatic rings. The van der Waals surface area contributed by atoms with E-state index in [9.17, 15) is 14.4 Å². The second-order valence-electron chi connectivity index (χ2n) is 3.40. The van der Waals surface area contributed by atoms with Crippen molar-refractivity contribution in [3.05, 3.63) is 0 Å². The smallest absolute Gasteiger partial charge is 0.325 e. The molecule has 1 atom stereocenters. The van der Waals surface area contributed by atoms with E-state index in [1.807, 2.05) is 0 Å². The Balaban J connectivity index is 2.86. The molecule has 1 rings (SSSR count). The van der Waals surface area contributed by atoms with Gasteiger partial charge < -0.3 is 10.4 Å². The first-order chi connectivity index (χ1) is 6.40. The molecule has 0 aromatic rings. The molecule has 0 unspecified atom stereocenters. The van der Waals surface area contributed by atoms with Crippen LogP contribution in [0.1, 0.15) is 20.3 Å². The predicted molar refractivity (Wildman–Crippen MR) is 46.6 cm³/mol. The van der Waals surface area contributed by atoms with Crippen molar-refractivity contribution >= 4 is 17.9 Å². The Morgan fingerprint density at radius 2 is 2.14 bits per heavy atom. The summed E-state index contributed by atoms with van der Waals surface area (Å²) in [7, 11) is 0. The number of nitrogens with zero attached hydrogens (tertiary/aromatic N) is 1. The Bertz CT molecular complexity index is 302. The van der Waals surface area contributed by atoms with E-state index in [4.69, 9.17) is 5.11 Å². The lowest BCUT2D eigenvalue weighted by Crippen LogP contribution is -2.43. The minimum Gasteiger partial charge on any atom is -0.480 e. The molecule has 0 aromatic heterocycles. The van der Waals surface area contributed by atoms with Crippen molar-refractivity contribution in [2.45, 2.75) is 25.8 Å². The number of imide groups is 1. The van der Waals surface area contributed by atoms with Gasteiger partial charge in [-0.1, -0.05) is 6.92 Å². The number of aliphatic carboxylic acids is 1. The minimum absolute atomic E-state index is 0.438. The number of carbonyl (C=O) groups is 3. The van der Waals surface area contributed by atoms with Crippen molar-refractivity contribution in [3.8, 4) is 0 Å². The molecule has 3 amide bonds. The summed E-state index contributed by atoms with van der Waals surface area (Å²) in [5.41, 5.74) is -0.952. The van der Waals surface area contributed by atoms with Gasteiger partial charge in [0.25, 0.3) is 5.91 Å². The van der Waals surface area contributed by atoms with E-state index in [2.05, 4.69) is 5.32 Å². The number of carboxylic acids is 1. The Labute approximate surface area is 80.9 Å². The van der Waals surface area contributed by atoms with Gasteiger partial charge in [-0.25, -0.2) is 4.79 Å². The zero-order valence-corrected chi connectivity index (χ0v) is 8.03. The second-order valence-corrected chi connectivity index (χ2v) is 3.40. The molecule has 0 bridgehead atoms. The van der Waals surface area contributed by atoms with Crippen LogP contribution in [0.25, 0.3) is 0 Å². The van der Waals surface area contributed by atoms with Gasteiger partial charge in [-0.2, -0.15) is 0 Å². The standard InChI is InChI=1S/C8H12N2O4/c1-3-8(2)6(13)10(4-5(11)12)7(14)9-8/h3-4H2,1-2H3,(H,9,14)(H,11,12)/t8-/m1/s1.